The maximum absolute atomic E-state index is 10.2. The average Bonchev–Trinajstić information content (AvgIpc) is 2.78. The van der Waals surface area contributed by atoms with Crippen molar-refractivity contribution < 1.29 is 14.3 Å². The highest BCUT2D eigenvalue weighted by Gasteiger charge is 2.07. The van der Waals surface area contributed by atoms with Crippen LogP contribution in [0.3, 0.4) is 0 Å². The zero-order valence-corrected chi connectivity index (χ0v) is 9.64. The van der Waals surface area contributed by atoms with Crippen molar-refractivity contribution in [2.24, 2.45) is 0 Å². The molecule has 1 heterocycles. The highest BCUT2D eigenvalue weighted by molar-refractivity contribution is 7.99. The van der Waals surface area contributed by atoms with Gasteiger partial charge in [-0.05, 0) is 18.6 Å². The van der Waals surface area contributed by atoms with E-state index in [0.29, 0.717) is 16.9 Å². The maximum atomic E-state index is 10.2. The van der Waals surface area contributed by atoms with Gasteiger partial charge >= 0.3 is 0 Å². The summed E-state index contributed by atoms with van der Waals surface area (Å²) in [5.74, 6) is -0.291. The Morgan fingerprint density at radius 3 is 2.76 bits per heavy atom. The molecule has 2 rings (SSSR count). The van der Waals surface area contributed by atoms with Crippen molar-refractivity contribution in [2.45, 2.75) is 11.6 Å². The highest BCUT2D eigenvalue weighted by atomic mass is 32.2. The first-order valence-electron chi connectivity index (χ1n) is 4.97. The molecule has 1 aromatic heterocycles. The number of thioether (sulfide) groups is 1. The van der Waals surface area contributed by atoms with Gasteiger partial charge in [-0.15, -0.1) is 10.2 Å². The van der Waals surface area contributed by atoms with Gasteiger partial charge in [0.15, 0.2) is 0 Å². The van der Waals surface area contributed by atoms with E-state index in [0.717, 1.165) is 5.56 Å². The van der Waals surface area contributed by atoms with Gasteiger partial charge in [0.25, 0.3) is 5.22 Å². The Balaban J connectivity index is 1.99. The van der Waals surface area contributed by atoms with Gasteiger partial charge in [-0.25, -0.2) is 0 Å². The van der Waals surface area contributed by atoms with Crippen LogP contribution in [0.2, 0.25) is 0 Å². The lowest BCUT2D eigenvalue weighted by Gasteiger charge is -1.97. The van der Waals surface area contributed by atoms with Crippen LogP contribution < -0.4 is 5.11 Å². The molecule has 2 aromatic rings. The lowest BCUT2D eigenvalue weighted by Crippen LogP contribution is -2.22. The van der Waals surface area contributed by atoms with Crippen molar-refractivity contribution in [3.8, 4) is 11.5 Å². The van der Waals surface area contributed by atoms with Crippen LogP contribution in [0.5, 0.6) is 0 Å². The van der Waals surface area contributed by atoms with Crippen LogP contribution in [-0.2, 0) is 4.79 Å². The Kier molecular flexibility index (Phi) is 3.77. The Bertz CT molecular complexity index is 498. The maximum Gasteiger partial charge on any atom is 0.276 e. The molecular formula is C11H9N2O3S-. The molecule has 88 valence electrons. The number of carbonyl (C=O) groups is 1. The van der Waals surface area contributed by atoms with Gasteiger partial charge in [0.2, 0.25) is 5.89 Å². The minimum absolute atomic E-state index is 0.0340. The van der Waals surface area contributed by atoms with Crippen LogP contribution in [0.1, 0.15) is 6.42 Å². The smallest absolute Gasteiger partial charge is 0.276 e. The normalized spacial score (nSPS) is 10.4. The monoisotopic (exact) mass is 249 g/mol. The number of hydrogen-bond donors (Lipinski definition) is 0. The minimum Gasteiger partial charge on any atom is -0.550 e. The van der Waals surface area contributed by atoms with E-state index in [1.807, 2.05) is 30.3 Å². The van der Waals surface area contributed by atoms with E-state index in [1.165, 1.54) is 11.8 Å². The van der Waals surface area contributed by atoms with Gasteiger partial charge < -0.3 is 14.3 Å². The van der Waals surface area contributed by atoms with Gasteiger partial charge in [0.05, 0.1) is 0 Å². The number of hydrogen-bond acceptors (Lipinski definition) is 6. The molecule has 0 fully saturated rings. The zero-order chi connectivity index (χ0) is 12.1. The SMILES string of the molecule is O=C([O-])CCSc1nnc(-c2ccccc2)o1. The lowest BCUT2D eigenvalue weighted by atomic mass is 10.2. The topological polar surface area (TPSA) is 79.0 Å². The van der Waals surface area contributed by atoms with Crippen molar-refractivity contribution in [3.05, 3.63) is 30.3 Å². The fourth-order valence-corrected chi connectivity index (χ4v) is 1.87. The van der Waals surface area contributed by atoms with Crippen LogP contribution in [0.15, 0.2) is 40.0 Å². The Morgan fingerprint density at radius 2 is 2.06 bits per heavy atom. The molecule has 0 saturated carbocycles. The van der Waals surface area contributed by atoms with Crippen LogP contribution >= 0.6 is 11.8 Å². The summed E-state index contributed by atoms with van der Waals surface area (Å²) in [5, 5.41) is 18.3. The first kappa shape index (κ1) is 11.7. The molecule has 0 bridgehead atoms. The van der Waals surface area contributed by atoms with Gasteiger partial charge in [-0.2, -0.15) is 0 Å². The van der Waals surface area contributed by atoms with Gasteiger partial charge in [-0.3, -0.25) is 0 Å². The number of aromatic nitrogens is 2. The van der Waals surface area contributed by atoms with E-state index in [4.69, 9.17) is 4.42 Å². The summed E-state index contributed by atoms with van der Waals surface area (Å²) in [5.41, 5.74) is 0.840. The van der Waals surface area contributed by atoms with Crippen molar-refractivity contribution >= 4 is 17.7 Å². The molecule has 1 aromatic carbocycles. The van der Waals surface area contributed by atoms with E-state index in [9.17, 15) is 9.90 Å². The number of carbonyl (C=O) groups excluding carboxylic acids is 1. The molecule has 0 aliphatic carbocycles. The van der Waals surface area contributed by atoms with Crippen molar-refractivity contribution in [1.29, 1.82) is 0 Å². The first-order valence-corrected chi connectivity index (χ1v) is 5.96. The highest BCUT2D eigenvalue weighted by Crippen LogP contribution is 2.22. The third-order valence-electron chi connectivity index (χ3n) is 1.96. The van der Waals surface area contributed by atoms with Crippen molar-refractivity contribution in [1.82, 2.24) is 10.2 Å². The van der Waals surface area contributed by atoms with E-state index in [-0.39, 0.29) is 6.42 Å². The molecule has 0 radical (unpaired) electrons. The molecule has 0 amide bonds. The fourth-order valence-electron chi connectivity index (χ4n) is 1.19. The fraction of sp³-hybridized carbons (Fsp3) is 0.182. The quantitative estimate of drug-likeness (QED) is 0.734. The summed E-state index contributed by atoms with van der Waals surface area (Å²) in [4.78, 5) is 10.2. The number of carboxylic acid groups (broad SMARTS) is 1. The summed E-state index contributed by atoms with van der Waals surface area (Å²) in [7, 11) is 0. The van der Waals surface area contributed by atoms with Crippen molar-refractivity contribution in [2.75, 3.05) is 5.75 Å². The third-order valence-corrected chi connectivity index (χ3v) is 2.78. The number of aliphatic carboxylic acids is 1. The molecule has 0 aliphatic rings. The molecule has 0 saturated heterocycles. The lowest BCUT2D eigenvalue weighted by molar-refractivity contribution is -0.305. The molecule has 0 spiro atoms. The molecular weight excluding hydrogens is 240 g/mol. The van der Waals surface area contributed by atoms with Gasteiger partial charge in [-0.1, -0.05) is 30.0 Å². The second-order valence-corrected chi connectivity index (χ2v) is 4.26. The summed E-state index contributed by atoms with van der Waals surface area (Å²) in [6.45, 7) is 0. The average molecular weight is 249 g/mol. The largest absolute Gasteiger partial charge is 0.550 e. The summed E-state index contributed by atoms with van der Waals surface area (Å²) < 4.78 is 5.38. The molecule has 5 nitrogen and oxygen atoms in total. The first-order chi connectivity index (χ1) is 8.25. The number of nitrogens with zero attached hydrogens (tertiary/aromatic N) is 2. The Labute approximate surface area is 102 Å². The number of carboxylic acids is 1. The molecule has 0 aliphatic heterocycles. The molecule has 0 atom stereocenters. The Morgan fingerprint density at radius 1 is 1.29 bits per heavy atom. The van der Waals surface area contributed by atoms with Crippen LogP contribution in [0.4, 0.5) is 0 Å². The second-order valence-electron chi connectivity index (χ2n) is 3.21. The number of rotatable bonds is 5. The third kappa shape index (κ3) is 3.32. The van der Waals surface area contributed by atoms with Crippen molar-refractivity contribution in [3.63, 3.8) is 0 Å². The molecule has 0 N–H and O–H groups in total. The van der Waals surface area contributed by atoms with E-state index >= 15 is 0 Å². The van der Waals surface area contributed by atoms with Gasteiger partial charge in [0, 0.05) is 17.3 Å². The van der Waals surface area contributed by atoms with Crippen LogP contribution in [-0.4, -0.2) is 21.9 Å². The minimum atomic E-state index is -1.08. The Hall–Kier alpha value is -1.82. The standard InChI is InChI=1S/C11H10N2O3S/c14-9(15)6-7-17-11-13-12-10(16-11)8-4-2-1-3-5-8/h1-5H,6-7H2,(H,14,15)/p-1. The van der Waals surface area contributed by atoms with E-state index in [1.54, 1.807) is 0 Å². The summed E-state index contributed by atoms with van der Waals surface area (Å²) in [6, 6.07) is 9.38. The summed E-state index contributed by atoms with van der Waals surface area (Å²) in [6.07, 6.45) is -0.0340. The molecule has 17 heavy (non-hydrogen) atoms. The second kappa shape index (κ2) is 5.49. The molecule has 0 unspecified atom stereocenters. The zero-order valence-electron chi connectivity index (χ0n) is 8.83. The summed E-state index contributed by atoms with van der Waals surface area (Å²) >= 11 is 1.20. The predicted octanol–water partition coefficient (Wildman–Crippen LogP) is 0.969. The van der Waals surface area contributed by atoms with E-state index < -0.39 is 5.97 Å². The molecule has 6 heteroatoms. The van der Waals surface area contributed by atoms with Crippen LogP contribution in [0.25, 0.3) is 11.5 Å². The number of benzene rings is 1. The predicted molar refractivity (Wildman–Crippen MR) is 60.1 cm³/mol. The van der Waals surface area contributed by atoms with E-state index in [2.05, 4.69) is 10.2 Å². The van der Waals surface area contributed by atoms with Crippen LogP contribution in [0, 0.1) is 0 Å². The van der Waals surface area contributed by atoms with Gasteiger partial charge in [0.1, 0.15) is 0 Å².